The molecule has 1 aromatic heterocycles. The van der Waals surface area contributed by atoms with Crippen molar-refractivity contribution in [3.8, 4) is 0 Å². The first-order valence-electron chi connectivity index (χ1n) is 6.64. The number of nitrogens with one attached hydrogen (secondary N) is 2. The molecule has 0 aliphatic heterocycles. The Bertz CT molecular complexity index is 373. The van der Waals surface area contributed by atoms with Gasteiger partial charge in [0, 0.05) is 24.8 Å². The summed E-state index contributed by atoms with van der Waals surface area (Å²) >= 11 is 0. The van der Waals surface area contributed by atoms with E-state index in [9.17, 15) is 4.79 Å². The fourth-order valence-corrected chi connectivity index (χ4v) is 1.53. The second-order valence-corrected chi connectivity index (χ2v) is 4.79. The van der Waals surface area contributed by atoms with E-state index in [0.29, 0.717) is 6.04 Å². The molecule has 1 atom stereocenters. The molecule has 0 aliphatic carbocycles. The lowest BCUT2D eigenvalue weighted by atomic mass is 10.3. The Balaban J connectivity index is 2.42. The van der Waals surface area contributed by atoms with Crippen LogP contribution < -0.4 is 10.6 Å². The van der Waals surface area contributed by atoms with Gasteiger partial charge in [-0.2, -0.15) is 5.10 Å². The SMILES string of the molecule is CCCCNC(=O)C(C)Nc1ccn(C(C)C)n1. The van der Waals surface area contributed by atoms with Crippen LogP contribution in [-0.2, 0) is 4.79 Å². The first-order chi connectivity index (χ1) is 8.54. The highest BCUT2D eigenvalue weighted by molar-refractivity contribution is 5.83. The summed E-state index contributed by atoms with van der Waals surface area (Å²) in [6.07, 6.45) is 4.01. The lowest BCUT2D eigenvalue weighted by Crippen LogP contribution is -2.38. The summed E-state index contributed by atoms with van der Waals surface area (Å²) in [5.74, 6) is 0.754. The fourth-order valence-electron chi connectivity index (χ4n) is 1.53. The average molecular weight is 252 g/mol. The molecular formula is C13H24N4O. The molecule has 1 aromatic rings. The van der Waals surface area contributed by atoms with Crippen LogP contribution in [0, 0.1) is 0 Å². The molecule has 0 aromatic carbocycles. The van der Waals surface area contributed by atoms with E-state index in [4.69, 9.17) is 0 Å². The van der Waals surface area contributed by atoms with Crippen LogP contribution in [0.4, 0.5) is 5.82 Å². The quantitative estimate of drug-likeness (QED) is 0.731. The fraction of sp³-hybridized carbons (Fsp3) is 0.692. The third-order valence-corrected chi connectivity index (χ3v) is 2.72. The third-order valence-electron chi connectivity index (χ3n) is 2.72. The van der Waals surface area contributed by atoms with Gasteiger partial charge < -0.3 is 10.6 Å². The molecule has 1 unspecified atom stereocenters. The number of anilines is 1. The van der Waals surface area contributed by atoms with Crippen molar-refractivity contribution in [2.75, 3.05) is 11.9 Å². The van der Waals surface area contributed by atoms with E-state index in [0.717, 1.165) is 25.2 Å². The second kappa shape index (κ2) is 7.03. The van der Waals surface area contributed by atoms with E-state index in [1.807, 2.05) is 23.9 Å². The maximum absolute atomic E-state index is 11.8. The number of aromatic nitrogens is 2. The average Bonchev–Trinajstić information content (AvgIpc) is 2.77. The van der Waals surface area contributed by atoms with E-state index in [1.54, 1.807) is 0 Å². The predicted octanol–water partition coefficient (Wildman–Crippen LogP) is 2.18. The standard InChI is InChI=1S/C13H24N4O/c1-5-6-8-14-13(18)11(4)15-12-7-9-17(16-12)10(2)3/h7,9-11H,5-6,8H2,1-4H3,(H,14,18)(H,15,16). The first kappa shape index (κ1) is 14.5. The van der Waals surface area contributed by atoms with Crippen molar-refractivity contribution in [2.45, 2.75) is 52.6 Å². The highest BCUT2D eigenvalue weighted by atomic mass is 16.2. The number of amides is 1. The van der Waals surface area contributed by atoms with Crippen LogP contribution in [0.5, 0.6) is 0 Å². The van der Waals surface area contributed by atoms with Crippen molar-refractivity contribution in [3.05, 3.63) is 12.3 Å². The van der Waals surface area contributed by atoms with Gasteiger partial charge in [0.05, 0.1) is 0 Å². The molecule has 1 rings (SSSR count). The molecule has 0 aliphatic rings. The molecule has 2 N–H and O–H groups in total. The smallest absolute Gasteiger partial charge is 0.242 e. The maximum Gasteiger partial charge on any atom is 0.242 e. The van der Waals surface area contributed by atoms with Gasteiger partial charge in [-0.15, -0.1) is 0 Å². The van der Waals surface area contributed by atoms with Crippen LogP contribution >= 0.6 is 0 Å². The Hall–Kier alpha value is -1.52. The van der Waals surface area contributed by atoms with E-state index in [1.165, 1.54) is 0 Å². The number of nitrogens with zero attached hydrogens (tertiary/aromatic N) is 2. The predicted molar refractivity (Wildman–Crippen MR) is 73.6 cm³/mol. The van der Waals surface area contributed by atoms with Crippen molar-refractivity contribution >= 4 is 11.7 Å². The zero-order valence-electron chi connectivity index (χ0n) is 11.7. The van der Waals surface area contributed by atoms with E-state index < -0.39 is 0 Å². The number of hydrogen-bond donors (Lipinski definition) is 2. The Morgan fingerprint density at radius 2 is 2.17 bits per heavy atom. The van der Waals surface area contributed by atoms with Crippen LogP contribution in [0.2, 0.25) is 0 Å². The van der Waals surface area contributed by atoms with Gasteiger partial charge in [-0.25, -0.2) is 0 Å². The van der Waals surface area contributed by atoms with Crippen molar-refractivity contribution in [2.24, 2.45) is 0 Å². The van der Waals surface area contributed by atoms with E-state index >= 15 is 0 Å². The minimum absolute atomic E-state index is 0.0162. The van der Waals surface area contributed by atoms with Gasteiger partial charge in [-0.3, -0.25) is 9.48 Å². The van der Waals surface area contributed by atoms with Gasteiger partial charge in [0.1, 0.15) is 11.9 Å². The summed E-state index contributed by atoms with van der Waals surface area (Å²) in [5, 5.41) is 10.4. The summed E-state index contributed by atoms with van der Waals surface area (Å²) < 4.78 is 1.87. The number of carbonyl (C=O) groups excluding carboxylic acids is 1. The van der Waals surface area contributed by atoms with Crippen LogP contribution in [0.25, 0.3) is 0 Å². The largest absolute Gasteiger partial charge is 0.357 e. The van der Waals surface area contributed by atoms with Crippen molar-refractivity contribution in [3.63, 3.8) is 0 Å². The molecular weight excluding hydrogens is 228 g/mol. The molecule has 0 bridgehead atoms. The molecule has 5 nitrogen and oxygen atoms in total. The number of unbranched alkanes of at least 4 members (excludes halogenated alkanes) is 1. The number of rotatable bonds is 7. The summed E-state index contributed by atoms with van der Waals surface area (Å²) in [4.78, 5) is 11.8. The van der Waals surface area contributed by atoms with Crippen molar-refractivity contribution < 1.29 is 4.79 Å². The lowest BCUT2D eigenvalue weighted by molar-refractivity contribution is -0.121. The maximum atomic E-state index is 11.8. The zero-order valence-corrected chi connectivity index (χ0v) is 11.7. The minimum atomic E-state index is -0.266. The molecule has 102 valence electrons. The summed E-state index contributed by atoms with van der Waals surface area (Å²) in [6.45, 7) is 8.82. The highest BCUT2D eigenvalue weighted by Gasteiger charge is 2.13. The minimum Gasteiger partial charge on any atom is -0.357 e. The second-order valence-electron chi connectivity index (χ2n) is 4.79. The summed E-state index contributed by atoms with van der Waals surface area (Å²) in [6, 6.07) is 1.95. The van der Waals surface area contributed by atoms with Gasteiger partial charge in [0.2, 0.25) is 5.91 Å². The number of carbonyl (C=O) groups is 1. The zero-order chi connectivity index (χ0) is 13.5. The van der Waals surface area contributed by atoms with Crippen molar-refractivity contribution in [1.29, 1.82) is 0 Å². The van der Waals surface area contributed by atoms with Gasteiger partial charge >= 0.3 is 0 Å². The van der Waals surface area contributed by atoms with Crippen LogP contribution in [-0.4, -0.2) is 28.3 Å². The monoisotopic (exact) mass is 252 g/mol. The molecule has 5 heteroatoms. The Labute approximate surface area is 109 Å². The Morgan fingerprint density at radius 1 is 1.44 bits per heavy atom. The highest BCUT2D eigenvalue weighted by Crippen LogP contribution is 2.09. The Kier molecular flexibility index (Phi) is 5.68. The van der Waals surface area contributed by atoms with E-state index in [2.05, 4.69) is 36.5 Å². The van der Waals surface area contributed by atoms with Gasteiger partial charge in [-0.1, -0.05) is 13.3 Å². The van der Waals surface area contributed by atoms with Crippen LogP contribution in [0.15, 0.2) is 12.3 Å². The van der Waals surface area contributed by atoms with Gasteiger partial charge in [-0.05, 0) is 27.2 Å². The first-order valence-corrected chi connectivity index (χ1v) is 6.64. The summed E-state index contributed by atoms with van der Waals surface area (Å²) in [7, 11) is 0. The van der Waals surface area contributed by atoms with Crippen molar-refractivity contribution in [1.82, 2.24) is 15.1 Å². The molecule has 18 heavy (non-hydrogen) atoms. The molecule has 0 radical (unpaired) electrons. The lowest BCUT2D eigenvalue weighted by Gasteiger charge is -2.13. The number of hydrogen-bond acceptors (Lipinski definition) is 3. The summed E-state index contributed by atoms with van der Waals surface area (Å²) in [5.41, 5.74) is 0. The molecule has 0 saturated heterocycles. The molecule has 1 heterocycles. The van der Waals surface area contributed by atoms with Gasteiger partial charge in [0.15, 0.2) is 0 Å². The molecule has 0 saturated carbocycles. The molecule has 0 fully saturated rings. The van der Waals surface area contributed by atoms with Crippen LogP contribution in [0.3, 0.4) is 0 Å². The molecule has 0 spiro atoms. The van der Waals surface area contributed by atoms with E-state index in [-0.39, 0.29) is 11.9 Å². The third kappa shape index (κ3) is 4.39. The topological polar surface area (TPSA) is 59.0 Å². The molecule has 1 amide bonds. The van der Waals surface area contributed by atoms with Gasteiger partial charge in [0.25, 0.3) is 0 Å². The normalized spacial score (nSPS) is 12.5. The Morgan fingerprint density at radius 3 is 2.72 bits per heavy atom. The van der Waals surface area contributed by atoms with Crippen LogP contribution in [0.1, 0.15) is 46.6 Å².